The molecule has 0 saturated heterocycles. The largest absolute Gasteiger partial charge is 0.465 e. The lowest BCUT2D eigenvalue weighted by atomic mass is 9.82. The molecule has 2 atom stereocenters. The number of aliphatic hydroxyl groups is 1. The molecule has 3 amide bonds. The number of amides is 3. The Balaban J connectivity index is 2.35. The minimum absolute atomic E-state index is 0.0667. The van der Waals surface area contributed by atoms with Crippen LogP contribution in [0.2, 0.25) is 0 Å². The fraction of sp³-hybridized carbons (Fsp3) is 0.407. The van der Waals surface area contributed by atoms with Crippen LogP contribution in [0.5, 0.6) is 0 Å². The van der Waals surface area contributed by atoms with Crippen molar-refractivity contribution in [2.75, 3.05) is 19.7 Å². The molecule has 0 aromatic heterocycles. The quantitative estimate of drug-likeness (QED) is 0.336. The first-order chi connectivity index (χ1) is 17.5. The Hall–Kier alpha value is -3.92. The minimum atomic E-state index is -2.27. The van der Waals surface area contributed by atoms with Crippen molar-refractivity contribution in [3.8, 4) is 0 Å². The molecule has 10 heteroatoms. The lowest BCUT2D eigenvalue weighted by molar-refractivity contribution is -0.150. The maximum absolute atomic E-state index is 13.4. The van der Waals surface area contributed by atoms with Gasteiger partial charge in [0.25, 0.3) is 5.91 Å². The van der Waals surface area contributed by atoms with E-state index in [0.29, 0.717) is 0 Å². The van der Waals surface area contributed by atoms with Crippen molar-refractivity contribution >= 4 is 23.9 Å². The van der Waals surface area contributed by atoms with Crippen LogP contribution in [-0.2, 0) is 35.9 Å². The standard InChI is InChI=1S/C27H35N3O7/c1-5-36-23(32)18-28-24(33)27(35,20-14-10-7-11-15-20)21(16-19-12-8-6-9-13-19)30-22(31)17-29-25(34)37-26(2,3)4/h6-15,21,35H,5,16-18H2,1-4H3,(H,28,33)(H,29,34)(H,30,31). The summed E-state index contributed by atoms with van der Waals surface area (Å²) in [5.41, 5.74) is -2.08. The van der Waals surface area contributed by atoms with E-state index >= 15 is 0 Å². The number of nitrogens with one attached hydrogen (secondary N) is 3. The molecule has 37 heavy (non-hydrogen) atoms. The molecule has 0 spiro atoms. The average Bonchev–Trinajstić information content (AvgIpc) is 2.85. The Morgan fingerprint density at radius 3 is 2.05 bits per heavy atom. The van der Waals surface area contributed by atoms with Gasteiger partial charge in [0.15, 0.2) is 5.60 Å². The molecule has 2 rings (SSSR count). The van der Waals surface area contributed by atoms with Gasteiger partial charge in [-0.3, -0.25) is 14.4 Å². The van der Waals surface area contributed by atoms with Crippen LogP contribution in [0.15, 0.2) is 60.7 Å². The molecule has 0 aliphatic rings. The van der Waals surface area contributed by atoms with Crippen LogP contribution in [0.1, 0.15) is 38.8 Å². The maximum atomic E-state index is 13.4. The third-order valence-electron chi connectivity index (χ3n) is 5.17. The number of alkyl carbamates (subject to hydrolysis) is 1. The molecule has 0 bridgehead atoms. The van der Waals surface area contributed by atoms with E-state index in [0.717, 1.165) is 5.56 Å². The Labute approximate surface area is 216 Å². The van der Waals surface area contributed by atoms with Gasteiger partial charge in [0.05, 0.1) is 12.6 Å². The van der Waals surface area contributed by atoms with Crippen molar-refractivity contribution in [2.45, 2.75) is 51.4 Å². The van der Waals surface area contributed by atoms with Crippen LogP contribution >= 0.6 is 0 Å². The molecule has 0 fully saturated rings. The molecule has 10 nitrogen and oxygen atoms in total. The summed E-state index contributed by atoms with van der Waals surface area (Å²) in [4.78, 5) is 50.1. The molecule has 2 unspecified atom stereocenters. The van der Waals surface area contributed by atoms with Crippen molar-refractivity contribution in [2.24, 2.45) is 0 Å². The molecule has 0 saturated carbocycles. The second-order valence-corrected chi connectivity index (χ2v) is 9.29. The van der Waals surface area contributed by atoms with Gasteiger partial charge in [-0.05, 0) is 45.2 Å². The summed E-state index contributed by atoms with van der Waals surface area (Å²) in [6.07, 6.45) is -0.718. The van der Waals surface area contributed by atoms with Gasteiger partial charge in [-0.15, -0.1) is 0 Å². The van der Waals surface area contributed by atoms with Crippen molar-refractivity contribution in [1.29, 1.82) is 0 Å². The second kappa shape index (κ2) is 13.4. The molecule has 0 radical (unpaired) electrons. The van der Waals surface area contributed by atoms with Gasteiger partial charge in [0.2, 0.25) is 5.91 Å². The van der Waals surface area contributed by atoms with Crippen LogP contribution < -0.4 is 16.0 Å². The molecule has 0 aliphatic heterocycles. The summed E-state index contributed by atoms with van der Waals surface area (Å²) in [7, 11) is 0. The van der Waals surface area contributed by atoms with E-state index < -0.39 is 54.2 Å². The third kappa shape index (κ3) is 9.23. The van der Waals surface area contributed by atoms with E-state index in [-0.39, 0.29) is 18.6 Å². The van der Waals surface area contributed by atoms with Crippen LogP contribution in [0.3, 0.4) is 0 Å². The van der Waals surface area contributed by atoms with E-state index in [1.165, 1.54) is 0 Å². The monoisotopic (exact) mass is 513 g/mol. The predicted octanol–water partition coefficient (Wildman–Crippen LogP) is 1.81. The highest BCUT2D eigenvalue weighted by Crippen LogP contribution is 2.28. The molecule has 2 aromatic carbocycles. The minimum Gasteiger partial charge on any atom is -0.465 e. The number of carbonyl (C=O) groups excluding carboxylic acids is 4. The molecule has 200 valence electrons. The van der Waals surface area contributed by atoms with Crippen LogP contribution in [-0.4, -0.2) is 60.3 Å². The molecule has 0 aliphatic carbocycles. The molecule has 2 aromatic rings. The van der Waals surface area contributed by atoms with Gasteiger partial charge in [-0.2, -0.15) is 0 Å². The molecular weight excluding hydrogens is 478 g/mol. The summed E-state index contributed by atoms with van der Waals surface area (Å²) in [6, 6.07) is 15.9. The van der Waals surface area contributed by atoms with Crippen LogP contribution in [0, 0.1) is 0 Å². The van der Waals surface area contributed by atoms with Gasteiger partial charge in [-0.25, -0.2) is 4.79 Å². The van der Waals surface area contributed by atoms with E-state index in [4.69, 9.17) is 9.47 Å². The summed E-state index contributed by atoms with van der Waals surface area (Å²) in [5.74, 6) is -2.22. The zero-order valence-electron chi connectivity index (χ0n) is 21.6. The van der Waals surface area contributed by atoms with Crippen molar-refractivity contribution in [3.63, 3.8) is 0 Å². The summed E-state index contributed by atoms with van der Waals surface area (Å²) in [6.45, 7) is 5.93. The first-order valence-corrected chi connectivity index (χ1v) is 12.0. The van der Waals surface area contributed by atoms with Crippen LogP contribution in [0.4, 0.5) is 4.79 Å². The van der Waals surface area contributed by atoms with Gasteiger partial charge < -0.3 is 30.5 Å². The Morgan fingerprint density at radius 1 is 0.892 bits per heavy atom. The lowest BCUT2D eigenvalue weighted by Gasteiger charge is -2.36. The number of benzene rings is 2. The van der Waals surface area contributed by atoms with E-state index in [2.05, 4.69) is 16.0 Å². The van der Waals surface area contributed by atoms with E-state index in [1.54, 1.807) is 82.3 Å². The lowest BCUT2D eigenvalue weighted by Crippen LogP contribution is -2.60. The average molecular weight is 514 g/mol. The number of hydrogen-bond donors (Lipinski definition) is 4. The highest BCUT2D eigenvalue weighted by molar-refractivity contribution is 5.91. The third-order valence-corrected chi connectivity index (χ3v) is 5.17. The topological polar surface area (TPSA) is 143 Å². The molecule has 0 heterocycles. The van der Waals surface area contributed by atoms with Crippen molar-refractivity contribution in [3.05, 3.63) is 71.8 Å². The van der Waals surface area contributed by atoms with Crippen molar-refractivity contribution in [1.82, 2.24) is 16.0 Å². The Bertz CT molecular complexity index is 1050. The summed E-state index contributed by atoms with van der Waals surface area (Å²) >= 11 is 0. The molecule has 4 N–H and O–H groups in total. The second-order valence-electron chi connectivity index (χ2n) is 9.29. The Morgan fingerprint density at radius 2 is 1.49 bits per heavy atom. The first-order valence-electron chi connectivity index (χ1n) is 12.0. The maximum Gasteiger partial charge on any atom is 0.408 e. The fourth-order valence-corrected chi connectivity index (χ4v) is 3.55. The number of rotatable bonds is 11. The van der Waals surface area contributed by atoms with E-state index in [1.807, 2.05) is 6.07 Å². The zero-order valence-corrected chi connectivity index (χ0v) is 21.6. The van der Waals surface area contributed by atoms with Gasteiger partial charge in [0, 0.05) is 0 Å². The first kappa shape index (κ1) is 29.3. The number of carbonyl (C=O) groups is 4. The highest BCUT2D eigenvalue weighted by atomic mass is 16.6. The predicted molar refractivity (Wildman–Crippen MR) is 136 cm³/mol. The van der Waals surface area contributed by atoms with Gasteiger partial charge in [0.1, 0.15) is 18.7 Å². The van der Waals surface area contributed by atoms with Gasteiger partial charge >= 0.3 is 12.1 Å². The molecular formula is C27H35N3O7. The fourth-order valence-electron chi connectivity index (χ4n) is 3.55. The Kier molecular flexibility index (Phi) is 10.6. The normalized spacial score (nSPS) is 13.4. The SMILES string of the molecule is CCOC(=O)CNC(=O)C(O)(c1ccccc1)C(Cc1ccccc1)NC(=O)CNC(=O)OC(C)(C)C. The smallest absolute Gasteiger partial charge is 0.408 e. The zero-order chi connectivity index (χ0) is 27.5. The number of ether oxygens (including phenoxy) is 2. The summed E-state index contributed by atoms with van der Waals surface area (Å²) < 4.78 is 10.0. The van der Waals surface area contributed by atoms with Gasteiger partial charge in [-0.1, -0.05) is 60.7 Å². The number of hydrogen-bond acceptors (Lipinski definition) is 7. The highest BCUT2D eigenvalue weighted by Gasteiger charge is 2.46. The van der Waals surface area contributed by atoms with Crippen molar-refractivity contribution < 1.29 is 33.8 Å². The summed E-state index contributed by atoms with van der Waals surface area (Å²) in [5, 5.41) is 19.4. The van der Waals surface area contributed by atoms with Crippen LogP contribution in [0.25, 0.3) is 0 Å². The van der Waals surface area contributed by atoms with E-state index in [9.17, 15) is 24.3 Å². The number of esters is 1.